The Morgan fingerprint density at radius 2 is 1.80 bits per heavy atom. The van der Waals surface area contributed by atoms with Crippen molar-refractivity contribution in [2.45, 2.75) is 58.5 Å². The van der Waals surface area contributed by atoms with Gasteiger partial charge in [0.25, 0.3) is 0 Å². The molecule has 0 aromatic carbocycles. The maximum absolute atomic E-state index is 10.6. The maximum atomic E-state index is 10.6. The van der Waals surface area contributed by atoms with Crippen LogP contribution in [0.25, 0.3) is 0 Å². The molecule has 1 nitrogen and oxygen atoms in total. The van der Waals surface area contributed by atoms with E-state index < -0.39 is 0 Å². The highest BCUT2D eigenvalue weighted by Crippen LogP contribution is 2.72. The van der Waals surface area contributed by atoms with E-state index in [0.29, 0.717) is 11.3 Å². The van der Waals surface area contributed by atoms with Crippen molar-refractivity contribution in [3.63, 3.8) is 0 Å². The highest BCUT2D eigenvalue weighted by Gasteiger charge is 2.70. The first-order valence-corrected chi connectivity index (χ1v) is 6.70. The Kier molecular flexibility index (Phi) is 1.89. The van der Waals surface area contributed by atoms with Gasteiger partial charge in [0.15, 0.2) is 0 Å². The molecule has 3 fully saturated rings. The minimum absolute atomic E-state index is 0.368. The molecule has 0 aromatic heterocycles. The zero-order chi connectivity index (χ0) is 10.8. The lowest BCUT2D eigenvalue weighted by molar-refractivity contribution is -0.184. The van der Waals surface area contributed by atoms with Crippen molar-refractivity contribution in [3.05, 3.63) is 0 Å². The summed E-state index contributed by atoms with van der Waals surface area (Å²) in [4.78, 5) is 0. The third-order valence-electron chi connectivity index (χ3n) is 6.17. The van der Waals surface area contributed by atoms with Crippen molar-refractivity contribution in [2.24, 2.45) is 29.1 Å². The van der Waals surface area contributed by atoms with E-state index in [1.807, 2.05) is 0 Å². The monoisotopic (exact) mass is 208 g/mol. The molecule has 6 unspecified atom stereocenters. The molecule has 3 saturated carbocycles. The summed E-state index contributed by atoms with van der Waals surface area (Å²) < 4.78 is 0. The normalized spacial score (nSPS) is 63.2. The maximum Gasteiger partial charge on any atom is 0.0658 e. The van der Waals surface area contributed by atoms with E-state index in [0.717, 1.165) is 24.2 Å². The molecule has 0 bridgehead atoms. The van der Waals surface area contributed by atoms with Crippen LogP contribution in [-0.4, -0.2) is 10.7 Å². The molecule has 0 spiro atoms. The van der Waals surface area contributed by atoms with E-state index in [9.17, 15) is 5.11 Å². The van der Waals surface area contributed by atoms with Crippen LogP contribution in [0.3, 0.4) is 0 Å². The Morgan fingerprint density at radius 3 is 2.53 bits per heavy atom. The molecule has 3 aliphatic carbocycles. The lowest BCUT2D eigenvalue weighted by Crippen LogP contribution is -2.60. The van der Waals surface area contributed by atoms with E-state index in [4.69, 9.17) is 0 Å². The van der Waals surface area contributed by atoms with E-state index >= 15 is 0 Å². The summed E-state index contributed by atoms with van der Waals surface area (Å²) in [5, 5.41) is 10.6. The molecule has 1 heteroatoms. The highest BCUT2D eigenvalue weighted by molar-refractivity contribution is 5.18. The molecule has 3 rings (SSSR count). The number of hydrogen-bond acceptors (Lipinski definition) is 1. The van der Waals surface area contributed by atoms with E-state index in [1.54, 1.807) is 0 Å². The first-order chi connectivity index (χ1) is 6.98. The molecule has 0 amide bonds. The lowest BCUT2D eigenvalue weighted by Gasteiger charge is -2.63. The smallest absolute Gasteiger partial charge is 0.0658 e. The van der Waals surface area contributed by atoms with Crippen molar-refractivity contribution in [1.29, 1.82) is 0 Å². The standard InChI is InChI=1S/C14H24O/c1-9-8-13(2,15)12-10-6-4-5-7-11(10)14(9,12)3/h9-12,15H,4-8H2,1-3H3. The van der Waals surface area contributed by atoms with Gasteiger partial charge in [-0.2, -0.15) is 0 Å². The first kappa shape index (κ1) is 10.1. The van der Waals surface area contributed by atoms with Gasteiger partial charge >= 0.3 is 0 Å². The van der Waals surface area contributed by atoms with Gasteiger partial charge in [0.2, 0.25) is 0 Å². The minimum atomic E-state index is -0.368. The average molecular weight is 208 g/mol. The summed E-state index contributed by atoms with van der Waals surface area (Å²) >= 11 is 0. The van der Waals surface area contributed by atoms with Gasteiger partial charge in [-0.05, 0) is 55.3 Å². The van der Waals surface area contributed by atoms with Gasteiger partial charge in [-0.1, -0.05) is 26.7 Å². The van der Waals surface area contributed by atoms with Crippen molar-refractivity contribution in [1.82, 2.24) is 0 Å². The van der Waals surface area contributed by atoms with Gasteiger partial charge in [-0.15, -0.1) is 0 Å². The summed E-state index contributed by atoms with van der Waals surface area (Å²) in [5.74, 6) is 3.10. The van der Waals surface area contributed by atoms with Gasteiger partial charge < -0.3 is 5.11 Å². The van der Waals surface area contributed by atoms with Gasteiger partial charge in [0.1, 0.15) is 0 Å². The molecular weight excluding hydrogens is 184 g/mol. The Labute approximate surface area is 93.3 Å². The van der Waals surface area contributed by atoms with Gasteiger partial charge in [-0.3, -0.25) is 0 Å². The Morgan fingerprint density at radius 1 is 1.13 bits per heavy atom. The van der Waals surface area contributed by atoms with Crippen molar-refractivity contribution in [2.75, 3.05) is 0 Å². The zero-order valence-electron chi connectivity index (χ0n) is 10.3. The van der Waals surface area contributed by atoms with E-state index in [2.05, 4.69) is 20.8 Å². The van der Waals surface area contributed by atoms with Crippen molar-refractivity contribution < 1.29 is 5.11 Å². The fraction of sp³-hybridized carbons (Fsp3) is 1.00. The van der Waals surface area contributed by atoms with Crippen LogP contribution in [0, 0.1) is 29.1 Å². The van der Waals surface area contributed by atoms with Crippen molar-refractivity contribution >= 4 is 0 Å². The zero-order valence-corrected chi connectivity index (χ0v) is 10.3. The van der Waals surface area contributed by atoms with Crippen LogP contribution in [0.1, 0.15) is 52.9 Å². The molecule has 1 N–H and O–H groups in total. The lowest BCUT2D eigenvalue weighted by atomic mass is 9.42. The second kappa shape index (κ2) is 2.80. The van der Waals surface area contributed by atoms with Gasteiger partial charge in [0.05, 0.1) is 5.60 Å². The Hall–Kier alpha value is -0.0400. The molecule has 0 aromatic rings. The van der Waals surface area contributed by atoms with Crippen LogP contribution >= 0.6 is 0 Å². The van der Waals surface area contributed by atoms with Crippen LogP contribution in [0.4, 0.5) is 0 Å². The first-order valence-electron chi connectivity index (χ1n) is 6.70. The number of rotatable bonds is 0. The van der Waals surface area contributed by atoms with Gasteiger partial charge in [-0.25, -0.2) is 0 Å². The third-order valence-corrected chi connectivity index (χ3v) is 6.17. The molecule has 6 atom stereocenters. The topological polar surface area (TPSA) is 20.2 Å². The summed E-state index contributed by atoms with van der Waals surface area (Å²) in [6.07, 6.45) is 6.67. The fourth-order valence-corrected chi connectivity index (χ4v) is 5.67. The highest BCUT2D eigenvalue weighted by atomic mass is 16.3. The number of hydrogen-bond donors (Lipinski definition) is 1. The summed E-state index contributed by atoms with van der Waals surface area (Å²) in [6, 6.07) is 0. The molecule has 0 heterocycles. The number of fused-ring (bicyclic) bond motifs is 4. The molecule has 15 heavy (non-hydrogen) atoms. The third kappa shape index (κ3) is 1.03. The predicted molar refractivity (Wildman–Crippen MR) is 61.4 cm³/mol. The molecular formula is C14H24O. The van der Waals surface area contributed by atoms with E-state index in [-0.39, 0.29) is 5.60 Å². The minimum Gasteiger partial charge on any atom is -0.390 e. The second-order valence-electron chi connectivity index (χ2n) is 6.86. The molecule has 0 aliphatic heterocycles. The van der Waals surface area contributed by atoms with Crippen molar-refractivity contribution in [3.8, 4) is 0 Å². The van der Waals surface area contributed by atoms with Crippen LogP contribution in [0.2, 0.25) is 0 Å². The van der Waals surface area contributed by atoms with Crippen LogP contribution in [0.15, 0.2) is 0 Å². The molecule has 86 valence electrons. The largest absolute Gasteiger partial charge is 0.390 e. The quantitative estimate of drug-likeness (QED) is 0.648. The molecule has 0 saturated heterocycles. The van der Waals surface area contributed by atoms with Crippen LogP contribution < -0.4 is 0 Å². The molecule has 0 radical (unpaired) electrons. The average Bonchev–Trinajstić information content (AvgIpc) is 2.29. The fourth-order valence-electron chi connectivity index (χ4n) is 5.67. The molecule has 3 aliphatic rings. The number of aliphatic hydroxyl groups is 1. The van der Waals surface area contributed by atoms with Crippen LogP contribution in [0.5, 0.6) is 0 Å². The predicted octanol–water partition coefficient (Wildman–Crippen LogP) is 3.22. The second-order valence-corrected chi connectivity index (χ2v) is 6.86. The summed E-state index contributed by atoms with van der Waals surface area (Å²) in [5.41, 5.74) is 0.0985. The van der Waals surface area contributed by atoms with E-state index in [1.165, 1.54) is 25.7 Å². The SMILES string of the molecule is CC1CC(C)(O)C2C3CCCCC3C12C. The Balaban J connectivity index is 1.95. The summed E-state index contributed by atoms with van der Waals surface area (Å²) in [6.45, 7) is 6.90. The van der Waals surface area contributed by atoms with Crippen LogP contribution in [-0.2, 0) is 0 Å². The van der Waals surface area contributed by atoms with Gasteiger partial charge in [0, 0.05) is 0 Å². The Bertz CT molecular complexity index is 283. The summed E-state index contributed by atoms with van der Waals surface area (Å²) in [7, 11) is 0.